The number of aryl methyl sites for hydroxylation is 1. The molecule has 0 saturated carbocycles. The highest BCUT2D eigenvalue weighted by Gasteiger charge is 2.46. The summed E-state index contributed by atoms with van der Waals surface area (Å²) in [6.07, 6.45) is 5.63. The predicted molar refractivity (Wildman–Crippen MR) is 89.2 cm³/mol. The van der Waals surface area contributed by atoms with Crippen LogP contribution >= 0.6 is 11.3 Å². The zero-order valence-electron chi connectivity index (χ0n) is 13.4. The molecule has 0 N–H and O–H groups in total. The van der Waals surface area contributed by atoms with Gasteiger partial charge in [-0.2, -0.15) is 0 Å². The molecule has 0 amide bonds. The minimum Gasteiger partial charge on any atom is -0.377 e. The average molecular weight is 322 g/mol. The van der Waals surface area contributed by atoms with Crippen LogP contribution in [0.1, 0.15) is 29.8 Å². The number of aromatic nitrogens is 1. The molecule has 4 nitrogen and oxygen atoms in total. The van der Waals surface area contributed by atoms with Crippen LogP contribution in [0.3, 0.4) is 0 Å². The van der Waals surface area contributed by atoms with Gasteiger partial charge in [-0.1, -0.05) is 6.08 Å². The number of hydrogen-bond acceptors (Lipinski definition) is 5. The largest absolute Gasteiger partial charge is 0.377 e. The summed E-state index contributed by atoms with van der Waals surface area (Å²) in [4.78, 5) is 8.32. The molecular formula is C17H26N2O2S. The van der Waals surface area contributed by atoms with Gasteiger partial charge < -0.3 is 9.47 Å². The zero-order valence-corrected chi connectivity index (χ0v) is 14.2. The molecule has 3 heterocycles. The van der Waals surface area contributed by atoms with E-state index in [-0.39, 0.29) is 5.41 Å². The van der Waals surface area contributed by atoms with Crippen molar-refractivity contribution in [2.24, 2.45) is 5.41 Å². The molecule has 2 saturated heterocycles. The van der Waals surface area contributed by atoms with Crippen LogP contribution in [0.25, 0.3) is 0 Å². The van der Waals surface area contributed by atoms with Crippen molar-refractivity contribution in [3.05, 3.63) is 28.7 Å². The number of thiazole rings is 1. The maximum atomic E-state index is 6.08. The van der Waals surface area contributed by atoms with E-state index in [0.717, 1.165) is 45.7 Å². The summed E-state index contributed by atoms with van der Waals surface area (Å²) < 4.78 is 11.9. The molecule has 2 aliphatic rings. The lowest BCUT2D eigenvalue weighted by Gasteiger charge is -2.50. The Kier molecular flexibility index (Phi) is 5.29. The minimum absolute atomic E-state index is 0.151. The molecule has 5 heteroatoms. The fourth-order valence-corrected chi connectivity index (χ4v) is 4.57. The summed E-state index contributed by atoms with van der Waals surface area (Å²) in [6.45, 7) is 11.3. The fraction of sp³-hybridized carbons (Fsp3) is 0.706. The Morgan fingerprint density at radius 3 is 3.32 bits per heavy atom. The maximum absolute atomic E-state index is 6.08. The Balaban J connectivity index is 1.68. The molecule has 0 unspecified atom stereocenters. The second kappa shape index (κ2) is 7.21. The Bertz CT molecular complexity index is 505. The minimum atomic E-state index is 0.151. The van der Waals surface area contributed by atoms with E-state index in [1.54, 1.807) is 11.3 Å². The summed E-state index contributed by atoms with van der Waals surface area (Å²) in [7, 11) is 0. The normalized spacial score (nSPS) is 29.2. The third kappa shape index (κ3) is 3.43. The number of hydrogen-bond donors (Lipinski definition) is 0. The Morgan fingerprint density at radius 1 is 1.64 bits per heavy atom. The van der Waals surface area contributed by atoms with E-state index >= 15 is 0 Å². The molecule has 1 aromatic heterocycles. The monoisotopic (exact) mass is 322 g/mol. The van der Waals surface area contributed by atoms with Crippen molar-refractivity contribution in [1.29, 1.82) is 0 Å². The Hall–Kier alpha value is -0.750. The summed E-state index contributed by atoms with van der Waals surface area (Å²) in [5.41, 5.74) is 3.27. The Morgan fingerprint density at radius 2 is 2.55 bits per heavy atom. The van der Waals surface area contributed by atoms with E-state index in [0.29, 0.717) is 12.7 Å². The third-order valence-electron chi connectivity index (χ3n) is 4.90. The highest BCUT2D eigenvalue weighted by molar-refractivity contribution is 7.09. The number of rotatable bonds is 6. The highest BCUT2D eigenvalue weighted by atomic mass is 32.1. The lowest BCUT2D eigenvalue weighted by Crippen LogP contribution is -2.56. The van der Waals surface area contributed by atoms with Gasteiger partial charge in [-0.3, -0.25) is 4.90 Å². The third-order valence-corrected chi connectivity index (χ3v) is 5.82. The highest BCUT2D eigenvalue weighted by Crippen LogP contribution is 2.41. The fourth-order valence-electron chi connectivity index (χ4n) is 3.75. The smallest absolute Gasteiger partial charge is 0.0798 e. The van der Waals surface area contributed by atoms with E-state index in [9.17, 15) is 0 Å². The summed E-state index contributed by atoms with van der Waals surface area (Å²) in [5, 5.41) is 0. The number of likely N-dealkylation sites (tertiary alicyclic amines) is 1. The molecule has 3 rings (SSSR count). The average Bonchev–Trinajstić information content (AvgIpc) is 2.92. The SMILES string of the molecule is C=CCOC[C@@]12CCCO[C@@H]1CCN(Cc1scnc1C)C2. The van der Waals surface area contributed by atoms with Crippen molar-refractivity contribution in [1.82, 2.24) is 9.88 Å². The first kappa shape index (κ1) is 16.1. The van der Waals surface area contributed by atoms with Crippen LogP contribution in [0.15, 0.2) is 18.2 Å². The van der Waals surface area contributed by atoms with Crippen molar-refractivity contribution >= 4 is 11.3 Å². The van der Waals surface area contributed by atoms with Gasteiger partial charge in [-0.25, -0.2) is 4.98 Å². The summed E-state index contributed by atoms with van der Waals surface area (Å²) in [6, 6.07) is 0. The van der Waals surface area contributed by atoms with Gasteiger partial charge in [0, 0.05) is 36.5 Å². The molecule has 0 aromatic carbocycles. The molecule has 2 atom stereocenters. The van der Waals surface area contributed by atoms with E-state index < -0.39 is 0 Å². The van der Waals surface area contributed by atoms with Gasteiger partial charge in [0.2, 0.25) is 0 Å². The van der Waals surface area contributed by atoms with Crippen molar-refractivity contribution in [3.63, 3.8) is 0 Å². The van der Waals surface area contributed by atoms with Crippen molar-refractivity contribution in [2.45, 2.75) is 38.8 Å². The van der Waals surface area contributed by atoms with Crippen LogP contribution in [0.5, 0.6) is 0 Å². The van der Waals surface area contributed by atoms with Gasteiger partial charge in [-0.05, 0) is 26.2 Å². The number of piperidine rings is 1. The van der Waals surface area contributed by atoms with Gasteiger partial charge in [0.1, 0.15) is 0 Å². The Labute approximate surface area is 137 Å². The van der Waals surface area contributed by atoms with Crippen LogP contribution in [0.4, 0.5) is 0 Å². The lowest BCUT2D eigenvalue weighted by atomic mass is 9.73. The van der Waals surface area contributed by atoms with E-state index in [1.165, 1.54) is 17.0 Å². The molecule has 1 aromatic rings. The van der Waals surface area contributed by atoms with Crippen LogP contribution in [0.2, 0.25) is 0 Å². The molecule has 0 bridgehead atoms. The lowest BCUT2D eigenvalue weighted by molar-refractivity contribution is -0.151. The second-order valence-electron chi connectivity index (χ2n) is 6.49. The number of fused-ring (bicyclic) bond motifs is 1. The molecular weight excluding hydrogens is 296 g/mol. The van der Waals surface area contributed by atoms with Gasteiger partial charge in [0.25, 0.3) is 0 Å². The zero-order chi connectivity index (χ0) is 15.4. The van der Waals surface area contributed by atoms with Crippen molar-refractivity contribution in [2.75, 3.05) is 32.9 Å². The number of ether oxygens (including phenoxy) is 2. The first-order valence-corrected chi connectivity index (χ1v) is 9.03. The van der Waals surface area contributed by atoms with Crippen LogP contribution in [-0.2, 0) is 16.0 Å². The standard InChI is InChI=1S/C17H26N2O2S/c1-3-8-20-12-17-6-4-9-21-16(17)5-7-19(11-17)10-15-14(2)18-13-22-15/h3,13,16H,1,4-12H2,2H3/t16-,17+/m1/s1. The van der Waals surface area contributed by atoms with Gasteiger partial charge >= 0.3 is 0 Å². The molecule has 0 spiro atoms. The van der Waals surface area contributed by atoms with Gasteiger partial charge in [-0.15, -0.1) is 17.9 Å². The molecule has 0 radical (unpaired) electrons. The first-order chi connectivity index (χ1) is 10.7. The van der Waals surface area contributed by atoms with Crippen molar-refractivity contribution < 1.29 is 9.47 Å². The second-order valence-corrected chi connectivity index (χ2v) is 7.43. The molecule has 22 heavy (non-hydrogen) atoms. The van der Waals surface area contributed by atoms with Crippen LogP contribution in [0, 0.1) is 12.3 Å². The van der Waals surface area contributed by atoms with Crippen LogP contribution in [-0.4, -0.2) is 48.9 Å². The molecule has 122 valence electrons. The van der Waals surface area contributed by atoms with Gasteiger partial charge in [0.15, 0.2) is 0 Å². The quantitative estimate of drug-likeness (QED) is 0.596. The van der Waals surface area contributed by atoms with E-state index in [4.69, 9.17) is 9.47 Å². The predicted octanol–water partition coefficient (Wildman–Crippen LogP) is 3.03. The summed E-state index contributed by atoms with van der Waals surface area (Å²) in [5.74, 6) is 0. The first-order valence-electron chi connectivity index (χ1n) is 8.15. The maximum Gasteiger partial charge on any atom is 0.0798 e. The molecule has 0 aliphatic carbocycles. The topological polar surface area (TPSA) is 34.6 Å². The number of nitrogens with zero attached hydrogens (tertiary/aromatic N) is 2. The van der Waals surface area contributed by atoms with Crippen molar-refractivity contribution in [3.8, 4) is 0 Å². The van der Waals surface area contributed by atoms with E-state index in [2.05, 4.69) is 23.4 Å². The van der Waals surface area contributed by atoms with Gasteiger partial charge in [0.05, 0.1) is 30.5 Å². The molecule has 2 aliphatic heterocycles. The van der Waals surface area contributed by atoms with E-state index in [1.807, 2.05) is 11.6 Å². The van der Waals surface area contributed by atoms with Crippen LogP contribution < -0.4 is 0 Å². The summed E-state index contributed by atoms with van der Waals surface area (Å²) >= 11 is 1.76. The molecule has 2 fully saturated rings.